The Morgan fingerprint density at radius 3 is 2.70 bits per heavy atom. The van der Waals surface area contributed by atoms with Crippen molar-refractivity contribution in [3.63, 3.8) is 0 Å². The van der Waals surface area contributed by atoms with Crippen molar-refractivity contribution in [1.29, 1.82) is 0 Å². The molecule has 0 atom stereocenters. The van der Waals surface area contributed by atoms with Crippen LogP contribution < -0.4 is 8.92 Å². The van der Waals surface area contributed by atoms with Crippen LogP contribution in [-0.4, -0.2) is 49.8 Å². The maximum Gasteiger partial charge on any atom is 0.534 e. The van der Waals surface area contributed by atoms with Crippen LogP contribution in [0.15, 0.2) is 24.8 Å². The van der Waals surface area contributed by atoms with Crippen LogP contribution in [0, 0.1) is 0 Å². The summed E-state index contributed by atoms with van der Waals surface area (Å²) in [5.74, 6) is 0.329. The van der Waals surface area contributed by atoms with E-state index < -0.39 is 21.5 Å². The quantitative estimate of drug-likeness (QED) is 0.445. The monoisotopic (exact) mass is 444 g/mol. The number of imidazole rings is 1. The van der Waals surface area contributed by atoms with Crippen molar-refractivity contribution in [1.82, 2.24) is 29.3 Å². The van der Waals surface area contributed by atoms with Crippen molar-refractivity contribution in [2.24, 2.45) is 0 Å². The zero-order valence-corrected chi connectivity index (χ0v) is 16.5. The molecule has 0 aromatic carbocycles. The predicted octanol–water partition coefficient (Wildman–Crippen LogP) is 2.41. The smallest absolute Gasteiger partial charge is 0.491 e. The third kappa shape index (κ3) is 3.46. The highest BCUT2D eigenvalue weighted by molar-refractivity contribution is 7.87. The fourth-order valence-electron chi connectivity index (χ4n) is 2.89. The summed E-state index contributed by atoms with van der Waals surface area (Å²) in [6, 6.07) is 1.04. The first-order chi connectivity index (χ1) is 14.1. The van der Waals surface area contributed by atoms with Gasteiger partial charge in [-0.2, -0.15) is 26.7 Å². The Bertz CT molecular complexity index is 1200. The molecule has 160 valence electrons. The second kappa shape index (κ2) is 6.97. The molecule has 0 unspecified atom stereocenters. The molecule has 3 aromatic heterocycles. The lowest BCUT2D eigenvalue weighted by Gasteiger charge is -2.11. The van der Waals surface area contributed by atoms with Gasteiger partial charge in [-0.3, -0.25) is 0 Å². The van der Waals surface area contributed by atoms with E-state index in [0.717, 1.165) is 12.3 Å². The van der Waals surface area contributed by atoms with Gasteiger partial charge in [0.2, 0.25) is 5.88 Å². The molecular weight excluding hydrogens is 429 g/mol. The lowest BCUT2D eigenvalue weighted by atomic mass is 10.2. The van der Waals surface area contributed by atoms with E-state index in [1.807, 2.05) is 13.8 Å². The number of nitrogens with zero attached hydrogens (tertiary/aromatic N) is 6. The van der Waals surface area contributed by atoms with Crippen molar-refractivity contribution in [2.45, 2.75) is 31.9 Å². The minimum Gasteiger partial charge on any atom is -0.491 e. The van der Waals surface area contributed by atoms with Gasteiger partial charge in [0, 0.05) is 24.5 Å². The Labute approximate surface area is 168 Å². The van der Waals surface area contributed by atoms with E-state index in [0.29, 0.717) is 29.5 Å². The summed E-state index contributed by atoms with van der Waals surface area (Å²) in [7, 11) is -5.84. The second-order valence-electron chi connectivity index (χ2n) is 6.62. The summed E-state index contributed by atoms with van der Waals surface area (Å²) >= 11 is 0. The minimum atomic E-state index is -5.84. The lowest BCUT2D eigenvalue weighted by Crippen LogP contribution is -2.28. The molecule has 0 bridgehead atoms. The Kier molecular flexibility index (Phi) is 4.67. The number of ether oxygens (including phenoxy) is 1. The van der Waals surface area contributed by atoms with E-state index in [2.05, 4.69) is 24.2 Å². The van der Waals surface area contributed by atoms with Crippen molar-refractivity contribution in [3.05, 3.63) is 24.8 Å². The zero-order valence-electron chi connectivity index (χ0n) is 15.7. The molecule has 0 fully saturated rings. The highest BCUT2D eigenvalue weighted by Crippen LogP contribution is 2.36. The summed E-state index contributed by atoms with van der Waals surface area (Å²) in [5, 5.41) is 4.18. The molecule has 4 heterocycles. The fourth-order valence-corrected chi connectivity index (χ4v) is 3.30. The van der Waals surface area contributed by atoms with Gasteiger partial charge in [-0.15, -0.1) is 0 Å². The second-order valence-corrected chi connectivity index (χ2v) is 8.15. The molecule has 0 aliphatic carbocycles. The van der Waals surface area contributed by atoms with E-state index in [-0.39, 0.29) is 18.4 Å². The normalized spacial score (nSPS) is 14.1. The highest BCUT2D eigenvalue weighted by Gasteiger charge is 2.49. The number of hydrogen-bond acceptors (Lipinski definition) is 8. The summed E-state index contributed by atoms with van der Waals surface area (Å²) in [4.78, 5) is 12.5. The van der Waals surface area contributed by atoms with E-state index in [1.54, 1.807) is 15.4 Å². The van der Waals surface area contributed by atoms with Crippen LogP contribution in [0.5, 0.6) is 11.6 Å². The molecule has 0 radical (unpaired) electrons. The van der Waals surface area contributed by atoms with Gasteiger partial charge in [0.25, 0.3) is 0 Å². The molecule has 4 rings (SSSR count). The predicted molar refractivity (Wildman–Crippen MR) is 96.0 cm³/mol. The number of halogens is 3. The molecule has 0 saturated heterocycles. The maximum absolute atomic E-state index is 12.5. The third-order valence-corrected chi connectivity index (χ3v) is 5.18. The van der Waals surface area contributed by atoms with Gasteiger partial charge < -0.3 is 13.5 Å². The average Bonchev–Trinajstić information content (AvgIpc) is 3.25. The van der Waals surface area contributed by atoms with Gasteiger partial charge in [0.05, 0.1) is 12.1 Å². The SMILES string of the molecule is CC(C)n1ncnc1-c1cn2c(n1)-c1cnc(OS(=O)(=O)C(F)(F)F)cc1OCC2. The Balaban J connectivity index is 1.73. The molecule has 14 heteroatoms. The molecule has 1 aliphatic heterocycles. The number of fused-ring (bicyclic) bond motifs is 3. The van der Waals surface area contributed by atoms with Crippen LogP contribution in [0.1, 0.15) is 19.9 Å². The Morgan fingerprint density at radius 2 is 2.00 bits per heavy atom. The van der Waals surface area contributed by atoms with Gasteiger partial charge in [-0.1, -0.05) is 0 Å². The van der Waals surface area contributed by atoms with Crippen LogP contribution in [0.25, 0.3) is 22.9 Å². The maximum atomic E-state index is 12.5. The first-order valence-electron chi connectivity index (χ1n) is 8.68. The number of hydrogen-bond donors (Lipinski definition) is 0. The molecule has 3 aromatic rings. The number of rotatable bonds is 4. The molecule has 0 saturated carbocycles. The molecular formula is C16H15F3N6O4S. The largest absolute Gasteiger partial charge is 0.534 e. The van der Waals surface area contributed by atoms with Gasteiger partial charge in [-0.05, 0) is 13.8 Å². The van der Waals surface area contributed by atoms with Crippen molar-refractivity contribution in [3.8, 4) is 34.5 Å². The van der Waals surface area contributed by atoms with Gasteiger partial charge >= 0.3 is 15.6 Å². The first kappa shape index (κ1) is 20.1. The van der Waals surface area contributed by atoms with Gasteiger partial charge in [0.1, 0.15) is 30.2 Å². The average molecular weight is 444 g/mol. The summed E-state index contributed by atoms with van der Waals surface area (Å²) < 4.78 is 73.2. The highest BCUT2D eigenvalue weighted by atomic mass is 32.2. The molecule has 10 nitrogen and oxygen atoms in total. The van der Waals surface area contributed by atoms with E-state index in [4.69, 9.17) is 4.74 Å². The molecule has 0 N–H and O–H groups in total. The number of aromatic nitrogens is 6. The molecule has 0 amide bonds. The third-order valence-electron chi connectivity index (χ3n) is 4.22. The van der Waals surface area contributed by atoms with Gasteiger partial charge in [-0.25, -0.2) is 19.6 Å². The van der Waals surface area contributed by atoms with Crippen LogP contribution in [0.4, 0.5) is 13.2 Å². The van der Waals surface area contributed by atoms with Crippen LogP contribution in [-0.2, 0) is 16.7 Å². The van der Waals surface area contributed by atoms with E-state index in [9.17, 15) is 21.6 Å². The fraction of sp³-hybridized carbons (Fsp3) is 0.375. The topological polar surface area (TPSA) is 114 Å². The number of alkyl halides is 3. The van der Waals surface area contributed by atoms with Gasteiger partial charge in [0.15, 0.2) is 5.82 Å². The Morgan fingerprint density at radius 1 is 1.23 bits per heavy atom. The first-order valence-corrected chi connectivity index (χ1v) is 10.1. The molecule has 1 aliphatic rings. The van der Waals surface area contributed by atoms with Crippen LogP contribution >= 0.6 is 0 Å². The lowest BCUT2D eigenvalue weighted by molar-refractivity contribution is -0.0501. The standard InChI is InChI=1S/C16H15F3N6O4S/c1-9(2)25-15(21-8-22-25)11-7-24-3-4-28-12-5-13(20-6-10(12)14(24)23-11)29-30(26,27)16(17,18)19/h5-9H,3-4H2,1-2H3. The summed E-state index contributed by atoms with van der Waals surface area (Å²) in [6.07, 6.45) is 4.33. The summed E-state index contributed by atoms with van der Waals surface area (Å²) in [6.45, 7) is 4.46. The van der Waals surface area contributed by atoms with Crippen molar-refractivity contribution < 1.29 is 30.5 Å². The zero-order chi connectivity index (χ0) is 21.7. The summed E-state index contributed by atoms with van der Waals surface area (Å²) in [5.41, 5.74) is -4.66. The number of pyridine rings is 1. The van der Waals surface area contributed by atoms with E-state index in [1.165, 1.54) is 6.33 Å². The molecule has 30 heavy (non-hydrogen) atoms. The minimum absolute atomic E-state index is 0.0524. The van der Waals surface area contributed by atoms with Crippen molar-refractivity contribution in [2.75, 3.05) is 6.61 Å². The van der Waals surface area contributed by atoms with Crippen LogP contribution in [0.3, 0.4) is 0 Å². The van der Waals surface area contributed by atoms with E-state index >= 15 is 0 Å². The van der Waals surface area contributed by atoms with Crippen molar-refractivity contribution >= 4 is 10.1 Å². The molecule has 0 spiro atoms. The Hall–Kier alpha value is -3.16. The van der Waals surface area contributed by atoms with Crippen LogP contribution in [0.2, 0.25) is 0 Å².